The SMILES string of the molecule is CC(C)C=C1C(=O)NC1[Si](C)(C)C. The second-order valence-electron chi connectivity index (χ2n) is 5.14. The minimum atomic E-state index is -1.25. The number of β-lactam (4-membered cyclic amide) rings is 1. The van der Waals surface area contributed by atoms with Gasteiger partial charge >= 0.3 is 0 Å². The molecule has 0 aromatic carbocycles. The Hall–Kier alpha value is -0.573. The van der Waals surface area contributed by atoms with E-state index in [9.17, 15) is 4.79 Å². The van der Waals surface area contributed by atoms with E-state index in [1.807, 2.05) is 0 Å². The molecule has 1 fully saturated rings. The van der Waals surface area contributed by atoms with Gasteiger partial charge in [-0.15, -0.1) is 0 Å². The third kappa shape index (κ3) is 2.21. The van der Waals surface area contributed by atoms with Crippen molar-refractivity contribution in [3.8, 4) is 0 Å². The van der Waals surface area contributed by atoms with Gasteiger partial charge in [-0.2, -0.15) is 0 Å². The highest BCUT2D eigenvalue weighted by atomic mass is 28.3. The maximum atomic E-state index is 11.3. The van der Waals surface area contributed by atoms with Gasteiger partial charge in [0.2, 0.25) is 5.91 Å². The zero-order valence-electron chi connectivity index (χ0n) is 9.14. The molecule has 2 nitrogen and oxygen atoms in total. The van der Waals surface area contributed by atoms with E-state index in [1.165, 1.54) is 0 Å². The van der Waals surface area contributed by atoms with Crippen molar-refractivity contribution < 1.29 is 4.79 Å². The third-order valence-electron chi connectivity index (χ3n) is 2.23. The van der Waals surface area contributed by atoms with Gasteiger partial charge in [-0.25, -0.2) is 0 Å². The van der Waals surface area contributed by atoms with Gasteiger partial charge in [0.05, 0.1) is 13.7 Å². The normalized spacial score (nSPS) is 26.2. The zero-order chi connectivity index (χ0) is 10.2. The van der Waals surface area contributed by atoms with E-state index >= 15 is 0 Å². The smallest absolute Gasteiger partial charge is 0.248 e. The summed E-state index contributed by atoms with van der Waals surface area (Å²) in [7, 11) is -1.25. The monoisotopic (exact) mass is 197 g/mol. The molecule has 13 heavy (non-hydrogen) atoms. The summed E-state index contributed by atoms with van der Waals surface area (Å²) in [5.74, 6) is 0.612. The van der Waals surface area contributed by atoms with Crippen LogP contribution in [0.3, 0.4) is 0 Å². The average molecular weight is 197 g/mol. The molecule has 1 rings (SSSR count). The number of hydrogen-bond acceptors (Lipinski definition) is 1. The molecule has 0 bridgehead atoms. The van der Waals surface area contributed by atoms with Gasteiger partial charge in [0.15, 0.2) is 0 Å². The minimum absolute atomic E-state index is 0.140. The van der Waals surface area contributed by atoms with Crippen LogP contribution in [0, 0.1) is 5.92 Å². The fraction of sp³-hybridized carbons (Fsp3) is 0.700. The maximum absolute atomic E-state index is 11.3. The molecule has 1 atom stereocenters. The van der Waals surface area contributed by atoms with Crippen molar-refractivity contribution in [1.29, 1.82) is 0 Å². The first-order valence-electron chi connectivity index (χ1n) is 4.85. The van der Waals surface area contributed by atoms with Crippen LogP contribution >= 0.6 is 0 Å². The fourth-order valence-corrected chi connectivity index (χ4v) is 3.28. The average Bonchev–Trinajstić information content (AvgIpc) is 1.93. The fourth-order valence-electron chi connectivity index (χ4n) is 1.56. The summed E-state index contributed by atoms with van der Waals surface area (Å²) < 4.78 is 0. The largest absolute Gasteiger partial charge is 0.348 e. The molecular formula is C10H19NOSi. The van der Waals surface area contributed by atoms with Crippen LogP contribution in [0.25, 0.3) is 0 Å². The predicted octanol–water partition coefficient (Wildman–Crippen LogP) is 1.94. The van der Waals surface area contributed by atoms with Crippen molar-refractivity contribution in [1.82, 2.24) is 5.32 Å². The van der Waals surface area contributed by atoms with E-state index in [-0.39, 0.29) is 5.91 Å². The molecule has 0 radical (unpaired) electrons. The summed E-state index contributed by atoms with van der Waals surface area (Å²) in [5, 5.41) is 2.99. The lowest BCUT2D eigenvalue weighted by atomic mass is 10.0. The van der Waals surface area contributed by atoms with Gasteiger partial charge in [0.25, 0.3) is 0 Å². The molecule has 0 aromatic heterocycles. The van der Waals surface area contributed by atoms with Crippen LogP contribution in [0.2, 0.25) is 19.6 Å². The molecule has 74 valence electrons. The van der Waals surface area contributed by atoms with Crippen molar-refractivity contribution in [3.05, 3.63) is 11.6 Å². The maximum Gasteiger partial charge on any atom is 0.248 e. The van der Waals surface area contributed by atoms with Crippen LogP contribution in [0.1, 0.15) is 13.8 Å². The summed E-state index contributed by atoms with van der Waals surface area (Å²) in [4.78, 5) is 11.3. The lowest BCUT2D eigenvalue weighted by molar-refractivity contribution is -0.121. The standard InChI is InChI=1S/C10H19NOSi/c1-7(2)6-8-9(12)11-10(8)13(3,4)5/h6-7,10H,1-5H3,(H,11,12). The molecular weight excluding hydrogens is 178 g/mol. The molecule has 1 saturated heterocycles. The third-order valence-corrected chi connectivity index (χ3v) is 4.41. The summed E-state index contributed by atoms with van der Waals surface area (Å²) >= 11 is 0. The van der Waals surface area contributed by atoms with Gasteiger partial charge in [-0.1, -0.05) is 39.6 Å². The van der Waals surface area contributed by atoms with E-state index in [0.29, 0.717) is 11.6 Å². The van der Waals surface area contributed by atoms with Crippen molar-refractivity contribution >= 4 is 14.0 Å². The topological polar surface area (TPSA) is 29.1 Å². The van der Waals surface area contributed by atoms with E-state index < -0.39 is 8.07 Å². The Labute approximate surface area is 81.4 Å². The zero-order valence-corrected chi connectivity index (χ0v) is 10.1. The predicted molar refractivity (Wildman–Crippen MR) is 58.2 cm³/mol. The number of rotatable bonds is 2. The van der Waals surface area contributed by atoms with Crippen LogP contribution in [-0.4, -0.2) is 19.6 Å². The molecule has 0 spiro atoms. The summed E-state index contributed by atoms with van der Waals surface area (Å²) in [5.41, 5.74) is 1.40. The summed E-state index contributed by atoms with van der Waals surface area (Å²) in [6.07, 6.45) is 2.10. The molecule has 3 heteroatoms. The number of amides is 1. The number of carbonyl (C=O) groups excluding carboxylic acids is 1. The Kier molecular flexibility index (Phi) is 2.66. The molecule has 0 saturated carbocycles. The molecule has 1 aliphatic rings. The van der Waals surface area contributed by atoms with Crippen LogP contribution in [-0.2, 0) is 4.79 Å². The lowest BCUT2D eigenvalue weighted by Gasteiger charge is -2.39. The molecule has 1 heterocycles. The molecule has 1 amide bonds. The van der Waals surface area contributed by atoms with Crippen molar-refractivity contribution in [2.45, 2.75) is 39.2 Å². The molecule has 1 N–H and O–H groups in total. The van der Waals surface area contributed by atoms with E-state index in [2.05, 4.69) is 44.9 Å². The highest BCUT2D eigenvalue weighted by Crippen LogP contribution is 2.24. The van der Waals surface area contributed by atoms with E-state index in [0.717, 1.165) is 5.57 Å². The van der Waals surface area contributed by atoms with Crippen molar-refractivity contribution in [3.63, 3.8) is 0 Å². The van der Waals surface area contributed by atoms with Gasteiger partial charge < -0.3 is 5.32 Å². The Balaban J connectivity index is 2.79. The Morgan fingerprint density at radius 3 is 2.23 bits per heavy atom. The number of allylic oxidation sites excluding steroid dienone is 1. The quantitative estimate of drug-likeness (QED) is 0.409. The van der Waals surface area contributed by atoms with Crippen molar-refractivity contribution in [2.24, 2.45) is 5.92 Å². The van der Waals surface area contributed by atoms with Gasteiger partial charge in [-0.3, -0.25) is 4.79 Å². The molecule has 0 aliphatic carbocycles. The summed E-state index contributed by atoms with van der Waals surface area (Å²) in [6, 6.07) is 0. The lowest BCUT2D eigenvalue weighted by Crippen LogP contribution is -2.63. The Bertz CT molecular complexity index is 250. The molecule has 1 aliphatic heterocycles. The number of nitrogens with one attached hydrogen (secondary N) is 1. The second-order valence-corrected chi connectivity index (χ2v) is 10.4. The van der Waals surface area contributed by atoms with E-state index in [4.69, 9.17) is 0 Å². The second kappa shape index (κ2) is 3.29. The van der Waals surface area contributed by atoms with Crippen molar-refractivity contribution in [2.75, 3.05) is 0 Å². The molecule has 0 aromatic rings. The van der Waals surface area contributed by atoms with Gasteiger partial charge in [0, 0.05) is 5.57 Å². The summed E-state index contributed by atoms with van der Waals surface area (Å²) in [6.45, 7) is 11.1. The van der Waals surface area contributed by atoms with Crippen LogP contribution in [0.4, 0.5) is 0 Å². The highest BCUT2D eigenvalue weighted by Gasteiger charge is 2.41. The van der Waals surface area contributed by atoms with Crippen LogP contribution in [0.15, 0.2) is 11.6 Å². The van der Waals surface area contributed by atoms with Crippen LogP contribution < -0.4 is 5.32 Å². The van der Waals surface area contributed by atoms with E-state index in [1.54, 1.807) is 0 Å². The number of hydrogen-bond donors (Lipinski definition) is 1. The number of carbonyl (C=O) groups is 1. The Morgan fingerprint density at radius 2 is 1.92 bits per heavy atom. The highest BCUT2D eigenvalue weighted by molar-refractivity contribution is 6.79. The first-order chi connectivity index (χ1) is 5.82. The van der Waals surface area contributed by atoms with Gasteiger partial charge in [-0.05, 0) is 5.92 Å². The first-order valence-corrected chi connectivity index (χ1v) is 8.42. The minimum Gasteiger partial charge on any atom is -0.348 e. The van der Waals surface area contributed by atoms with Gasteiger partial charge in [0.1, 0.15) is 0 Å². The Morgan fingerprint density at radius 1 is 1.38 bits per heavy atom. The first kappa shape index (κ1) is 10.5. The van der Waals surface area contributed by atoms with Crippen LogP contribution in [0.5, 0.6) is 0 Å². The molecule has 1 unspecified atom stereocenters.